The van der Waals surface area contributed by atoms with Crippen molar-refractivity contribution in [1.29, 1.82) is 0 Å². The summed E-state index contributed by atoms with van der Waals surface area (Å²) >= 11 is 9.63. The fourth-order valence-electron chi connectivity index (χ4n) is 2.04. The minimum absolute atomic E-state index is 0.0336. The Bertz CT molecular complexity index is 467. The lowest BCUT2D eigenvalue weighted by atomic mass is 9.97. The molecule has 0 aliphatic rings. The van der Waals surface area contributed by atoms with Gasteiger partial charge in [0.15, 0.2) is 0 Å². The van der Waals surface area contributed by atoms with E-state index in [4.69, 9.17) is 16.3 Å². The van der Waals surface area contributed by atoms with Gasteiger partial charge in [-0.2, -0.15) is 0 Å². The van der Waals surface area contributed by atoms with Crippen molar-refractivity contribution >= 4 is 33.5 Å². The molecule has 0 fully saturated rings. The van der Waals surface area contributed by atoms with E-state index >= 15 is 0 Å². The second-order valence-corrected chi connectivity index (χ2v) is 6.26. The molecule has 3 atom stereocenters. The van der Waals surface area contributed by atoms with Gasteiger partial charge in [0.25, 0.3) is 0 Å². The Morgan fingerprint density at radius 2 is 2.10 bits per heavy atom. The zero-order chi connectivity index (χ0) is 15.3. The lowest BCUT2D eigenvalue weighted by Gasteiger charge is -2.26. The Morgan fingerprint density at radius 1 is 1.45 bits per heavy atom. The van der Waals surface area contributed by atoms with Crippen LogP contribution in [-0.4, -0.2) is 19.1 Å². The molecule has 0 saturated carbocycles. The molecule has 0 aliphatic heterocycles. The van der Waals surface area contributed by atoms with Gasteiger partial charge in [0.1, 0.15) is 6.04 Å². The summed E-state index contributed by atoms with van der Waals surface area (Å²) in [6.45, 7) is 6.08. The van der Waals surface area contributed by atoms with Crippen molar-refractivity contribution in [2.75, 3.05) is 7.11 Å². The molecule has 1 aromatic rings. The smallest absolute Gasteiger partial charge is 0.323 e. The number of esters is 1. The van der Waals surface area contributed by atoms with Crippen molar-refractivity contribution in [1.82, 2.24) is 5.32 Å². The number of carbonyl (C=O) groups is 1. The van der Waals surface area contributed by atoms with E-state index in [-0.39, 0.29) is 24.0 Å². The monoisotopic (exact) mass is 361 g/mol. The predicted octanol–water partition coefficient (Wildman–Crippen LogP) is 4.34. The first-order valence-corrected chi connectivity index (χ1v) is 7.86. The topological polar surface area (TPSA) is 38.3 Å². The maximum Gasteiger partial charge on any atom is 0.323 e. The van der Waals surface area contributed by atoms with Crippen LogP contribution in [0.2, 0.25) is 5.02 Å². The summed E-state index contributed by atoms with van der Waals surface area (Å²) in [5.41, 5.74) is 0.965. The van der Waals surface area contributed by atoms with E-state index in [1.54, 1.807) is 0 Å². The van der Waals surface area contributed by atoms with Gasteiger partial charge in [0, 0.05) is 15.5 Å². The van der Waals surface area contributed by atoms with Gasteiger partial charge in [-0.3, -0.25) is 10.1 Å². The van der Waals surface area contributed by atoms with Gasteiger partial charge in [-0.05, 0) is 30.5 Å². The highest BCUT2D eigenvalue weighted by Crippen LogP contribution is 2.27. The van der Waals surface area contributed by atoms with Crippen molar-refractivity contribution in [3.05, 3.63) is 33.3 Å². The van der Waals surface area contributed by atoms with Crippen LogP contribution in [0, 0.1) is 5.92 Å². The lowest BCUT2D eigenvalue weighted by molar-refractivity contribution is -0.144. The van der Waals surface area contributed by atoms with Crippen LogP contribution in [0.25, 0.3) is 0 Å². The number of benzene rings is 1. The molecular formula is C15H21BrClNO2. The number of hydrogen-bond donors (Lipinski definition) is 1. The van der Waals surface area contributed by atoms with Gasteiger partial charge in [0.2, 0.25) is 0 Å². The van der Waals surface area contributed by atoms with Gasteiger partial charge >= 0.3 is 5.97 Å². The van der Waals surface area contributed by atoms with Crippen molar-refractivity contribution in [2.45, 2.75) is 39.3 Å². The standard InChI is InChI=1S/C15H21BrClNO2/c1-5-9(2)14(15(19)20-4)18-10(3)12-7-6-11(16)8-13(12)17/h6-10,14,18H,5H2,1-4H3. The van der Waals surface area contributed by atoms with E-state index in [2.05, 4.69) is 28.2 Å². The first-order chi connectivity index (χ1) is 9.40. The van der Waals surface area contributed by atoms with E-state index in [1.165, 1.54) is 7.11 Å². The number of nitrogens with one attached hydrogen (secondary N) is 1. The SMILES string of the molecule is CCC(C)C(NC(C)c1ccc(Br)cc1Cl)C(=O)OC. The van der Waals surface area contributed by atoms with Crippen LogP contribution in [0.1, 0.15) is 38.8 Å². The zero-order valence-electron chi connectivity index (χ0n) is 12.2. The number of methoxy groups -OCH3 is 1. The third-order valence-electron chi connectivity index (χ3n) is 3.53. The second-order valence-electron chi connectivity index (χ2n) is 4.94. The van der Waals surface area contributed by atoms with Crippen LogP contribution < -0.4 is 5.32 Å². The molecule has 0 aromatic heterocycles. The molecule has 0 spiro atoms. The normalized spacial score (nSPS) is 15.5. The molecule has 5 heteroatoms. The summed E-state index contributed by atoms with van der Waals surface area (Å²) in [5, 5.41) is 3.99. The van der Waals surface area contributed by atoms with Gasteiger partial charge in [-0.25, -0.2) is 0 Å². The number of ether oxygens (including phenoxy) is 1. The number of carbonyl (C=O) groups excluding carboxylic acids is 1. The van der Waals surface area contributed by atoms with E-state index in [1.807, 2.05) is 32.0 Å². The summed E-state index contributed by atoms with van der Waals surface area (Å²) in [4.78, 5) is 11.9. The van der Waals surface area contributed by atoms with E-state index in [9.17, 15) is 4.79 Å². The van der Waals surface area contributed by atoms with Crippen LogP contribution >= 0.6 is 27.5 Å². The van der Waals surface area contributed by atoms with Gasteiger partial charge in [0.05, 0.1) is 7.11 Å². The van der Waals surface area contributed by atoms with Gasteiger partial charge < -0.3 is 4.74 Å². The first-order valence-electron chi connectivity index (χ1n) is 6.69. The Morgan fingerprint density at radius 3 is 2.60 bits per heavy atom. The Labute approximate surface area is 134 Å². The molecule has 20 heavy (non-hydrogen) atoms. The Hall–Kier alpha value is -0.580. The molecule has 0 saturated heterocycles. The number of hydrogen-bond acceptors (Lipinski definition) is 3. The van der Waals surface area contributed by atoms with Crippen molar-refractivity contribution < 1.29 is 9.53 Å². The number of rotatable bonds is 6. The molecule has 0 radical (unpaired) electrons. The second kappa shape index (κ2) is 8.01. The van der Waals surface area contributed by atoms with Crippen molar-refractivity contribution in [2.24, 2.45) is 5.92 Å². The van der Waals surface area contributed by atoms with Crippen LogP contribution in [0.3, 0.4) is 0 Å². The lowest BCUT2D eigenvalue weighted by Crippen LogP contribution is -2.43. The molecular weight excluding hydrogens is 342 g/mol. The fraction of sp³-hybridized carbons (Fsp3) is 0.533. The molecule has 1 N–H and O–H groups in total. The van der Waals surface area contributed by atoms with Crippen LogP contribution in [0.15, 0.2) is 22.7 Å². The van der Waals surface area contributed by atoms with Crippen molar-refractivity contribution in [3.8, 4) is 0 Å². The minimum Gasteiger partial charge on any atom is -0.468 e. The number of halogens is 2. The zero-order valence-corrected chi connectivity index (χ0v) is 14.6. The van der Waals surface area contributed by atoms with Gasteiger partial charge in [-0.15, -0.1) is 0 Å². The molecule has 1 rings (SSSR count). The summed E-state index contributed by atoms with van der Waals surface area (Å²) < 4.78 is 5.81. The van der Waals surface area contributed by atoms with Gasteiger partial charge in [-0.1, -0.05) is 53.9 Å². The molecule has 0 aliphatic carbocycles. The van der Waals surface area contributed by atoms with E-state index in [0.717, 1.165) is 16.5 Å². The van der Waals surface area contributed by atoms with Crippen LogP contribution in [-0.2, 0) is 9.53 Å². The third-order valence-corrected chi connectivity index (χ3v) is 4.35. The molecule has 0 amide bonds. The molecule has 112 valence electrons. The van der Waals surface area contributed by atoms with E-state index in [0.29, 0.717) is 5.02 Å². The summed E-state index contributed by atoms with van der Waals surface area (Å²) in [7, 11) is 1.41. The molecule has 3 unspecified atom stereocenters. The Balaban J connectivity index is 2.90. The minimum atomic E-state index is -0.334. The highest BCUT2D eigenvalue weighted by atomic mass is 79.9. The van der Waals surface area contributed by atoms with E-state index < -0.39 is 0 Å². The largest absolute Gasteiger partial charge is 0.468 e. The van der Waals surface area contributed by atoms with Crippen molar-refractivity contribution in [3.63, 3.8) is 0 Å². The molecule has 3 nitrogen and oxygen atoms in total. The third kappa shape index (κ3) is 4.47. The summed E-state index contributed by atoms with van der Waals surface area (Å²) in [6.07, 6.45) is 0.896. The maximum atomic E-state index is 11.9. The highest BCUT2D eigenvalue weighted by molar-refractivity contribution is 9.10. The molecule has 0 heterocycles. The molecule has 0 bridgehead atoms. The first kappa shape index (κ1) is 17.5. The summed E-state index contributed by atoms with van der Waals surface area (Å²) in [6, 6.07) is 5.38. The fourth-order valence-corrected chi connectivity index (χ4v) is 2.88. The predicted molar refractivity (Wildman–Crippen MR) is 86.0 cm³/mol. The van der Waals surface area contributed by atoms with Crippen LogP contribution in [0.5, 0.6) is 0 Å². The maximum absolute atomic E-state index is 11.9. The Kier molecular flexibility index (Phi) is 7.00. The summed E-state index contributed by atoms with van der Waals surface area (Å²) in [5.74, 6) is -0.0430. The highest BCUT2D eigenvalue weighted by Gasteiger charge is 2.27. The quantitative estimate of drug-likeness (QED) is 0.765. The average molecular weight is 363 g/mol. The van der Waals surface area contributed by atoms with Crippen LogP contribution in [0.4, 0.5) is 0 Å². The molecule has 1 aromatic carbocycles. The average Bonchev–Trinajstić information content (AvgIpc) is 2.42.